The molecule has 1 aromatic carbocycles. The van der Waals surface area contributed by atoms with Crippen molar-refractivity contribution in [2.45, 2.75) is 6.92 Å². The first-order chi connectivity index (χ1) is 11.3. The summed E-state index contributed by atoms with van der Waals surface area (Å²) < 4.78 is 26.7. The van der Waals surface area contributed by atoms with E-state index < -0.39 is 29.6 Å². The van der Waals surface area contributed by atoms with Crippen molar-refractivity contribution in [1.82, 2.24) is 0 Å². The Morgan fingerprint density at radius 3 is 2.17 bits per heavy atom. The number of Topliss-reactive ketones (excluding diaryl/α,β-unsaturated/α-hetero) is 1. The Morgan fingerprint density at radius 2 is 1.75 bits per heavy atom. The Morgan fingerprint density at radius 1 is 1.21 bits per heavy atom. The number of hydrogen-bond acceptors (Lipinski definition) is 8. The minimum Gasteiger partial charge on any atom is -0.460 e. The van der Waals surface area contributed by atoms with Crippen LogP contribution >= 0.6 is 7.60 Å². The van der Waals surface area contributed by atoms with Crippen molar-refractivity contribution < 1.29 is 32.9 Å². The van der Waals surface area contributed by atoms with Crippen LogP contribution in [0.15, 0.2) is 29.6 Å². The van der Waals surface area contributed by atoms with E-state index in [1.54, 1.807) is 0 Å². The molecule has 0 aliphatic carbocycles. The lowest BCUT2D eigenvalue weighted by Crippen LogP contribution is -2.20. The molecule has 0 saturated heterocycles. The molecule has 1 aromatic rings. The first-order valence-electron chi connectivity index (χ1n) is 6.68. The van der Waals surface area contributed by atoms with Gasteiger partial charge in [-0.1, -0.05) is 0 Å². The van der Waals surface area contributed by atoms with Crippen molar-refractivity contribution in [3.63, 3.8) is 0 Å². The zero-order valence-corrected chi connectivity index (χ0v) is 14.1. The molecule has 0 bridgehead atoms. The molecular formula is C14H16NO8P. The first-order valence-corrected chi connectivity index (χ1v) is 8.23. The van der Waals surface area contributed by atoms with Gasteiger partial charge in [0, 0.05) is 26.4 Å². The van der Waals surface area contributed by atoms with Crippen molar-refractivity contribution in [2.75, 3.05) is 20.8 Å². The highest BCUT2D eigenvalue weighted by Gasteiger charge is 2.37. The van der Waals surface area contributed by atoms with Crippen molar-refractivity contribution in [3.05, 3.63) is 45.3 Å². The van der Waals surface area contributed by atoms with Gasteiger partial charge in [-0.25, -0.2) is 4.79 Å². The van der Waals surface area contributed by atoms with Gasteiger partial charge in [-0.05, 0) is 30.7 Å². The van der Waals surface area contributed by atoms with Gasteiger partial charge in [0.15, 0.2) is 0 Å². The number of ketones is 1. The average Bonchev–Trinajstić information content (AvgIpc) is 2.59. The number of nitro benzene ring substituents is 1. The normalized spacial score (nSPS) is 11.9. The third-order valence-electron chi connectivity index (χ3n) is 2.88. The molecule has 24 heavy (non-hydrogen) atoms. The Bertz CT molecular complexity index is 702. The van der Waals surface area contributed by atoms with Crippen LogP contribution in [0.25, 0.3) is 6.08 Å². The summed E-state index contributed by atoms with van der Waals surface area (Å²) in [6.45, 7) is 1.47. The number of nitro groups is 1. The minimum atomic E-state index is -4.04. The second-order valence-corrected chi connectivity index (χ2v) is 6.50. The van der Waals surface area contributed by atoms with Gasteiger partial charge in [-0.3, -0.25) is 19.5 Å². The van der Waals surface area contributed by atoms with E-state index in [-0.39, 0.29) is 12.3 Å². The van der Waals surface area contributed by atoms with Crippen molar-refractivity contribution >= 4 is 31.1 Å². The molecule has 0 unspecified atom stereocenters. The van der Waals surface area contributed by atoms with Gasteiger partial charge in [0.1, 0.15) is 5.31 Å². The standard InChI is InChI=1S/C14H16NO8P/c1-4-23-14(17)13(16)12(24(20,21-2)22-3)9-10-5-7-11(8-6-10)15(18)19/h5-9H,4H2,1-3H3/b12-9+. The minimum absolute atomic E-state index is 0.0420. The van der Waals surface area contributed by atoms with Crippen LogP contribution in [0, 0.1) is 10.1 Å². The summed E-state index contributed by atoms with van der Waals surface area (Å²) in [7, 11) is -1.92. The summed E-state index contributed by atoms with van der Waals surface area (Å²) in [5, 5.41) is 10.1. The van der Waals surface area contributed by atoms with E-state index in [1.807, 2.05) is 0 Å². The van der Waals surface area contributed by atoms with Crippen molar-refractivity contribution in [2.24, 2.45) is 0 Å². The topological polar surface area (TPSA) is 122 Å². The number of non-ortho nitro benzene ring substituents is 1. The molecule has 130 valence electrons. The number of carbonyl (C=O) groups excluding carboxylic acids is 2. The van der Waals surface area contributed by atoms with E-state index in [9.17, 15) is 24.3 Å². The number of esters is 1. The molecule has 0 heterocycles. The van der Waals surface area contributed by atoms with Gasteiger partial charge < -0.3 is 13.8 Å². The fourth-order valence-corrected chi connectivity index (χ4v) is 2.88. The van der Waals surface area contributed by atoms with Gasteiger partial charge >= 0.3 is 13.6 Å². The summed E-state index contributed by atoms with van der Waals surface area (Å²) in [5.74, 6) is -2.39. The van der Waals surface area contributed by atoms with E-state index >= 15 is 0 Å². The van der Waals surface area contributed by atoms with Crippen LogP contribution in [0.5, 0.6) is 0 Å². The molecule has 1 rings (SSSR count). The Balaban J connectivity index is 3.36. The SMILES string of the molecule is CCOC(=O)C(=O)/C(=C\c1ccc([N+](=O)[O-])cc1)P(=O)(OC)OC. The highest BCUT2D eigenvalue weighted by molar-refractivity contribution is 7.60. The number of ether oxygens (including phenoxy) is 1. The van der Waals surface area contributed by atoms with Gasteiger partial charge in [0.2, 0.25) is 0 Å². The van der Waals surface area contributed by atoms with Crippen LogP contribution in [-0.4, -0.2) is 37.5 Å². The van der Waals surface area contributed by atoms with Gasteiger partial charge in [-0.2, -0.15) is 0 Å². The van der Waals surface area contributed by atoms with E-state index in [0.717, 1.165) is 20.3 Å². The van der Waals surface area contributed by atoms with Crippen LogP contribution in [-0.2, 0) is 27.9 Å². The molecule has 0 radical (unpaired) electrons. The Labute approximate surface area is 137 Å². The first kappa shape index (κ1) is 19.7. The lowest BCUT2D eigenvalue weighted by Gasteiger charge is -2.15. The average molecular weight is 357 g/mol. The predicted molar refractivity (Wildman–Crippen MR) is 84.3 cm³/mol. The van der Waals surface area contributed by atoms with E-state index in [4.69, 9.17) is 9.05 Å². The Kier molecular flexibility index (Phi) is 6.97. The molecule has 0 aliphatic heterocycles. The summed E-state index contributed by atoms with van der Waals surface area (Å²) in [6, 6.07) is 5.05. The second-order valence-electron chi connectivity index (χ2n) is 4.29. The number of hydrogen-bond donors (Lipinski definition) is 0. The fraction of sp³-hybridized carbons (Fsp3) is 0.286. The molecule has 0 fully saturated rings. The molecule has 9 nitrogen and oxygen atoms in total. The lowest BCUT2D eigenvalue weighted by atomic mass is 10.2. The molecule has 0 atom stereocenters. The highest BCUT2D eigenvalue weighted by Crippen LogP contribution is 2.55. The van der Waals surface area contributed by atoms with E-state index in [1.165, 1.54) is 31.2 Å². The largest absolute Gasteiger partial charge is 0.460 e. The maximum atomic E-state index is 12.5. The number of benzene rings is 1. The lowest BCUT2D eigenvalue weighted by molar-refractivity contribution is -0.384. The predicted octanol–water partition coefficient (Wildman–Crippen LogP) is 2.55. The quantitative estimate of drug-likeness (QED) is 0.174. The summed E-state index contributed by atoms with van der Waals surface area (Å²) in [6.07, 6.45) is 1.11. The third-order valence-corrected chi connectivity index (χ3v) is 4.76. The molecule has 0 spiro atoms. The van der Waals surface area contributed by atoms with Crippen LogP contribution in [0.4, 0.5) is 5.69 Å². The van der Waals surface area contributed by atoms with Crippen molar-refractivity contribution in [1.29, 1.82) is 0 Å². The van der Waals surface area contributed by atoms with Crippen molar-refractivity contribution in [3.8, 4) is 0 Å². The molecule has 0 aromatic heterocycles. The smallest absolute Gasteiger partial charge is 0.380 e. The fourth-order valence-electron chi connectivity index (χ4n) is 1.69. The van der Waals surface area contributed by atoms with Crippen LogP contribution in [0.1, 0.15) is 12.5 Å². The molecule has 0 N–H and O–H groups in total. The summed E-state index contributed by atoms with van der Waals surface area (Å²) in [4.78, 5) is 33.9. The van der Waals surface area contributed by atoms with Crippen LogP contribution < -0.4 is 0 Å². The third kappa shape index (κ3) is 4.58. The van der Waals surface area contributed by atoms with Gasteiger partial charge in [0.05, 0.1) is 11.5 Å². The number of nitrogens with zero attached hydrogens (tertiary/aromatic N) is 1. The highest BCUT2D eigenvalue weighted by atomic mass is 31.2. The molecule has 0 amide bonds. The second kappa shape index (κ2) is 8.49. The Hall–Kier alpha value is -2.35. The molecule has 0 aliphatic rings. The summed E-state index contributed by atoms with van der Waals surface area (Å²) >= 11 is 0. The van der Waals surface area contributed by atoms with E-state index in [2.05, 4.69) is 4.74 Å². The number of carbonyl (C=O) groups is 2. The van der Waals surface area contributed by atoms with Gasteiger partial charge in [0.25, 0.3) is 11.5 Å². The molecule has 10 heteroatoms. The summed E-state index contributed by atoms with van der Waals surface area (Å²) in [5.41, 5.74) is 0.134. The zero-order chi connectivity index (χ0) is 18.3. The van der Waals surface area contributed by atoms with Crippen LogP contribution in [0.2, 0.25) is 0 Å². The van der Waals surface area contributed by atoms with Gasteiger partial charge in [-0.15, -0.1) is 0 Å². The number of rotatable bonds is 8. The molecular weight excluding hydrogens is 341 g/mol. The monoisotopic (exact) mass is 357 g/mol. The van der Waals surface area contributed by atoms with Crippen LogP contribution in [0.3, 0.4) is 0 Å². The maximum absolute atomic E-state index is 12.5. The molecule has 0 saturated carbocycles. The van der Waals surface area contributed by atoms with E-state index in [0.29, 0.717) is 5.56 Å². The maximum Gasteiger partial charge on any atom is 0.380 e. The zero-order valence-electron chi connectivity index (χ0n) is 13.3.